The molecule has 1 N–H and O–H groups in total. The lowest BCUT2D eigenvalue weighted by atomic mass is 10.2. The van der Waals surface area contributed by atoms with Crippen LogP contribution in [0.25, 0.3) is 0 Å². The Bertz CT molecular complexity index is 1170. The molecule has 0 radical (unpaired) electrons. The fourth-order valence-corrected chi connectivity index (χ4v) is 4.32. The monoisotopic (exact) mass is 457 g/mol. The average molecular weight is 458 g/mol. The van der Waals surface area contributed by atoms with E-state index in [2.05, 4.69) is 10.5 Å². The van der Waals surface area contributed by atoms with E-state index >= 15 is 0 Å². The van der Waals surface area contributed by atoms with Crippen LogP contribution in [0.2, 0.25) is 5.02 Å². The van der Waals surface area contributed by atoms with Crippen LogP contribution in [0.4, 0.5) is 5.69 Å². The van der Waals surface area contributed by atoms with Gasteiger partial charge in [-0.25, -0.2) is 13.8 Å². The number of carbonyl (C=O) groups excluding carboxylic acids is 1. The topological polar surface area (TPSA) is 88.1 Å². The molecule has 0 unspecified atom stereocenters. The number of sulfonamides is 1. The van der Waals surface area contributed by atoms with E-state index in [0.717, 1.165) is 9.87 Å². The van der Waals surface area contributed by atoms with E-state index in [9.17, 15) is 13.2 Å². The van der Waals surface area contributed by atoms with Gasteiger partial charge < -0.3 is 4.74 Å². The summed E-state index contributed by atoms with van der Waals surface area (Å²) in [6.07, 6.45) is 1.45. The van der Waals surface area contributed by atoms with Crippen LogP contribution in [0.3, 0.4) is 0 Å². The number of rotatable bonds is 8. The van der Waals surface area contributed by atoms with Crippen molar-refractivity contribution in [2.24, 2.45) is 5.10 Å². The van der Waals surface area contributed by atoms with Crippen molar-refractivity contribution in [3.05, 3.63) is 89.4 Å². The first kappa shape index (κ1) is 22.3. The Kier molecular flexibility index (Phi) is 7.28. The number of nitrogens with zero attached hydrogens (tertiary/aromatic N) is 2. The van der Waals surface area contributed by atoms with Crippen molar-refractivity contribution in [2.45, 2.75) is 4.90 Å². The molecule has 31 heavy (non-hydrogen) atoms. The van der Waals surface area contributed by atoms with Gasteiger partial charge in [0.2, 0.25) is 0 Å². The molecule has 0 aliphatic carbocycles. The smallest absolute Gasteiger partial charge is 0.264 e. The summed E-state index contributed by atoms with van der Waals surface area (Å²) >= 11 is 6.04. The molecule has 0 atom stereocenters. The standard InChI is InChI=1S/C22H20ClN3O4S/c1-30-20-12-10-17(11-13-20)15-24-25-22(27)16-26(19-7-5-6-18(23)14-19)31(28,29)21-8-3-2-4-9-21/h2-15H,16H2,1H3,(H,25,27)/b24-15-. The fraction of sp³-hybridized carbons (Fsp3) is 0.0909. The second-order valence-electron chi connectivity index (χ2n) is 6.37. The maximum Gasteiger partial charge on any atom is 0.264 e. The van der Waals surface area contributed by atoms with Crippen LogP contribution in [0.1, 0.15) is 5.56 Å². The lowest BCUT2D eigenvalue weighted by Crippen LogP contribution is -2.39. The highest BCUT2D eigenvalue weighted by Gasteiger charge is 2.27. The van der Waals surface area contributed by atoms with Gasteiger partial charge in [0.25, 0.3) is 15.9 Å². The minimum atomic E-state index is -4.00. The van der Waals surface area contributed by atoms with E-state index in [1.165, 1.54) is 24.4 Å². The summed E-state index contributed by atoms with van der Waals surface area (Å²) in [4.78, 5) is 12.6. The van der Waals surface area contributed by atoms with Crippen molar-refractivity contribution in [2.75, 3.05) is 18.0 Å². The summed E-state index contributed by atoms with van der Waals surface area (Å²) in [6, 6.07) is 21.2. The second kappa shape index (κ2) is 10.1. The van der Waals surface area contributed by atoms with Crippen molar-refractivity contribution >= 4 is 39.4 Å². The number of benzene rings is 3. The average Bonchev–Trinajstić information content (AvgIpc) is 2.78. The molecule has 0 bridgehead atoms. The van der Waals surface area contributed by atoms with Crippen molar-refractivity contribution in [3.8, 4) is 5.75 Å². The fourth-order valence-electron chi connectivity index (χ4n) is 2.70. The Labute approximate surface area is 186 Å². The maximum absolute atomic E-state index is 13.2. The highest BCUT2D eigenvalue weighted by molar-refractivity contribution is 7.92. The van der Waals surface area contributed by atoms with Crippen molar-refractivity contribution < 1.29 is 17.9 Å². The number of halogens is 1. The Hall–Kier alpha value is -3.36. The highest BCUT2D eigenvalue weighted by Crippen LogP contribution is 2.25. The van der Waals surface area contributed by atoms with Crippen molar-refractivity contribution in [1.29, 1.82) is 0 Å². The van der Waals surface area contributed by atoms with Crippen LogP contribution in [0.5, 0.6) is 5.75 Å². The Morgan fingerprint density at radius 2 is 1.77 bits per heavy atom. The van der Waals surface area contributed by atoms with Crippen LogP contribution in [-0.4, -0.2) is 34.2 Å². The Morgan fingerprint density at radius 1 is 1.06 bits per heavy atom. The molecule has 3 aromatic carbocycles. The quantitative estimate of drug-likeness (QED) is 0.412. The number of amides is 1. The molecule has 0 aliphatic heterocycles. The molecule has 0 heterocycles. The first-order chi connectivity index (χ1) is 14.9. The van der Waals surface area contributed by atoms with E-state index in [0.29, 0.717) is 10.8 Å². The number of hydrogen-bond acceptors (Lipinski definition) is 5. The lowest BCUT2D eigenvalue weighted by Gasteiger charge is -2.23. The summed E-state index contributed by atoms with van der Waals surface area (Å²) in [5, 5.41) is 4.25. The van der Waals surface area contributed by atoms with Gasteiger partial charge in [-0.05, 0) is 60.2 Å². The highest BCUT2D eigenvalue weighted by atomic mass is 35.5. The van der Waals surface area contributed by atoms with Gasteiger partial charge in [-0.2, -0.15) is 5.10 Å². The van der Waals surface area contributed by atoms with Crippen LogP contribution in [0.15, 0.2) is 88.9 Å². The number of ether oxygens (including phenoxy) is 1. The van der Waals surface area contributed by atoms with Gasteiger partial charge in [-0.15, -0.1) is 0 Å². The van der Waals surface area contributed by atoms with E-state index in [4.69, 9.17) is 16.3 Å². The van der Waals surface area contributed by atoms with Crippen LogP contribution >= 0.6 is 11.6 Å². The van der Waals surface area contributed by atoms with Gasteiger partial charge in [-0.1, -0.05) is 35.9 Å². The SMILES string of the molecule is COc1ccc(/C=N\NC(=O)CN(c2cccc(Cl)c2)S(=O)(=O)c2ccccc2)cc1. The predicted octanol–water partition coefficient (Wildman–Crippen LogP) is 3.69. The van der Waals surface area contributed by atoms with Gasteiger partial charge >= 0.3 is 0 Å². The van der Waals surface area contributed by atoms with Gasteiger partial charge in [0.15, 0.2) is 0 Å². The number of hydrazone groups is 1. The molecule has 0 aliphatic rings. The normalized spacial score (nSPS) is 11.3. The third kappa shape index (κ3) is 5.84. The molecule has 160 valence electrons. The van der Waals surface area contributed by atoms with E-state index < -0.39 is 22.5 Å². The third-order valence-corrected chi connectivity index (χ3v) is 6.26. The molecule has 9 heteroatoms. The molecule has 1 amide bonds. The van der Waals surface area contributed by atoms with E-state index in [-0.39, 0.29) is 10.6 Å². The van der Waals surface area contributed by atoms with E-state index in [1.807, 2.05) is 0 Å². The molecule has 0 aromatic heterocycles. The summed E-state index contributed by atoms with van der Waals surface area (Å²) < 4.78 is 32.5. The Morgan fingerprint density at radius 3 is 2.42 bits per heavy atom. The molecule has 7 nitrogen and oxygen atoms in total. The largest absolute Gasteiger partial charge is 0.497 e. The zero-order valence-corrected chi connectivity index (χ0v) is 18.2. The van der Waals surface area contributed by atoms with Gasteiger partial charge in [0, 0.05) is 5.02 Å². The number of nitrogens with one attached hydrogen (secondary N) is 1. The lowest BCUT2D eigenvalue weighted by molar-refractivity contribution is -0.119. The molecule has 0 spiro atoms. The van der Waals surface area contributed by atoms with Crippen LogP contribution < -0.4 is 14.5 Å². The van der Waals surface area contributed by atoms with Crippen molar-refractivity contribution in [3.63, 3.8) is 0 Å². The number of carbonyl (C=O) groups is 1. The number of anilines is 1. The van der Waals surface area contributed by atoms with Crippen LogP contribution in [0, 0.1) is 0 Å². The van der Waals surface area contributed by atoms with Crippen LogP contribution in [-0.2, 0) is 14.8 Å². The molecular weight excluding hydrogens is 438 g/mol. The maximum atomic E-state index is 13.2. The van der Waals surface area contributed by atoms with Gasteiger partial charge in [0.1, 0.15) is 12.3 Å². The molecule has 0 saturated carbocycles. The zero-order chi connectivity index (χ0) is 22.3. The molecule has 0 fully saturated rings. The van der Waals surface area contributed by atoms with Gasteiger partial charge in [-0.3, -0.25) is 9.10 Å². The molecule has 3 rings (SSSR count). The minimum Gasteiger partial charge on any atom is -0.497 e. The predicted molar refractivity (Wildman–Crippen MR) is 121 cm³/mol. The minimum absolute atomic E-state index is 0.0597. The molecule has 3 aromatic rings. The van der Waals surface area contributed by atoms with E-state index in [1.54, 1.807) is 67.8 Å². The first-order valence-electron chi connectivity index (χ1n) is 9.19. The number of hydrogen-bond donors (Lipinski definition) is 1. The Balaban J connectivity index is 1.79. The molecule has 0 saturated heterocycles. The first-order valence-corrected chi connectivity index (χ1v) is 11.0. The van der Waals surface area contributed by atoms with Gasteiger partial charge in [0.05, 0.1) is 23.9 Å². The third-order valence-electron chi connectivity index (χ3n) is 4.23. The molecular formula is C22H20ClN3O4S. The number of methoxy groups -OCH3 is 1. The van der Waals surface area contributed by atoms with Crippen molar-refractivity contribution in [1.82, 2.24) is 5.43 Å². The zero-order valence-electron chi connectivity index (χ0n) is 16.6. The summed E-state index contributed by atoms with van der Waals surface area (Å²) in [7, 11) is -2.43. The summed E-state index contributed by atoms with van der Waals surface area (Å²) in [5.74, 6) is 0.0914. The second-order valence-corrected chi connectivity index (χ2v) is 8.67. The summed E-state index contributed by atoms with van der Waals surface area (Å²) in [6.45, 7) is -0.475. The summed E-state index contributed by atoms with van der Waals surface area (Å²) in [5.41, 5.74) is 3.37.